The lowest BCUT2D eigenvalue weighted by atomic mass is 10.2. The van der Waals surface area contributed by atoms with Crippen molar-refractivity contribution in [2.24, 2.45) is 11.7 Å². The summed E-state index contributed by atoms with van der Waals surface area (Å²) in [6.45, 7) is 8.32. The van der Waals surface area contributed by atoms with Crippen molar-refractivity contribution in [2.45, 2.75) is 33.8 Å². The minimum Gasteiger partial charge on any atom is -0.490 e. The van der Waals surface area contributed by atoms with Crippen LogP contribution < -0.4 is 15.2 Å². The molecule has 0 fully saturated rings. The molecule has 0 heterocycles. The Kier molecular flexibility index (Phi) is 6.69. The molecule has 0 aliphatic rings. The van der Waals surface area contributed by atoms with Gasteiger partial charge in [0.15, 0.2) is 17.6 Å². The van der Waals surface area contributed by atoms with Gasteiger partial charge in [-0.05, 0) is 38.0 Å². The molecule has 1 aromatic carbocycles. The third kappa shape index (κ3) is 5.27. The number of rotatable bonds is 8. The van der Waals surface area contributed by atoms with E-state index in [1.165, 1.54) is 13.0 Å². The van der Waals surface area contributed by atoms with Crippen molar-refractivity contribution in [3.8, 4) is 11.5 Å². The van der Waals surface area contributed by atoms with Gasteiger partial charge in [-0.2, -0.15) is 0 Å². The molecule has 0 saturated carbocycles. The first-order valence-electron chi connectivity index (χ1n) is 7.25. The van der Waals surface area contributed by atoms with Crippen LogP contribution in [0.5, 0.6) is 11.5 Å². The van der Waals surface area contributed by atoms with Crippen LogP contribution in [0, 0.1) is 5.92 Å². The summed E-state index contributed by atoms with van der Waals surface area (Å²) in [4.78, 5) is 22.9. The van der Waals surface area contributed by atoms with Gasteiger partial charge in [0.1, 0.15) is 0 Å². The molecule has 0 radical (unpaired) electrons. The second-order valence-electron chi connectivity index (χ2n) is 5.25. The van der Waals surface area contributed by atoms with E-state index in [2.05, 4.69) is 0 Å². The van der Waals surface area contributed by atoms with Crippen molar-refractivity contribution in [1.29, 1.82) is 0 Å². The molecule has 22 heavy (non-hydrogen) atoms. The van der Waals surface area contributed by atoms with E-state index < -0.39 is 18.0 Å². The fraction of sp³-hybridized carbons (Fsp3) is 0.500. The average Bonchev–Trinajstić information content (AvgIpc) is 2.45. The highest BCUT2D eigenvalue weighted by atomic mass is 16.5. The van der Waals surface area contributed by atoms with Gasteiger partial charge in [0.05, 0.1) is 18.8 Å². The fourth-order valence-electron chi connectivity index (χ4n) is 1.57. The minimum atomic E-state index is -0.986. The van der Waals surface area contributed by atoms with E-state index in [0.717, 1.165) is 0 Å². The number of nitrogens with two attached hydrogens (primary N) is 1. The second kappa shape index (κ2) is 8.26. The summed E-state index contributed by atoms with van der Waals surface area (Å²) in [7, 11) is 0. The van der Waals surface area contributed by atoms with Crippen LogP contribution in [-0.2, 0) is 9.53 Å². The van der Waals surface area contributed by atoms with Crippen LogP contribution in [0.25, 0.3) is 0 Å². The van der Waals surface area contributed by atoms with Crippen LogP contribution in [-0.4, -0.2) is 31.2 Å². The maximum Gasteiger partial charge on any atom is 0.339 e. The largest absolute Gasteiger partial charge is 0.490 e. The molecule has 6 heteroatoms. The summed E-state index contributed by atoms with van der Waals surface area (Å²) in [6, 6.07) is 4.75. The van der Waals surface area contributed by atoms with Gasteiger partial charge in [-0.25, -0.2) is 4.79 Å². The van der Waals surface area contributed by atoms with Gasteiger partial charge >= 0.3 is 5.97 Å². The van der Waals surface area contributed by atoms with Crippen molar-refractivity contribution < 1.29 is 23.8 Å². The van der Waals surface area contributed by atoms with Crippen LogP contribution >= 0.6 is 0 Å². The van der Waals surface area contributed by atoms with Gasteiger partial charge in [0.25, 0.3) is 5.91 Å². The Morgan fingerprint density at radius 2 is 1.82 bits per heavy atom. The van der Waals surface area contributed by atoms with E-state index in [1.54, 1.807) is 12.1 Å². The Morgan fingerprint density at radius 3 is 2.36 bits per heavy atom. The third-order valence-electron chi connectivity index (χ3n) is 2.74. The summed E-state index contributed by atoms with van der Waals surface area (Å²) in [6.07, 6.45) is -0.986. The summed E-state index contributed by atoms with van der Waals surface area (Å²) < 4.78 is 16.1. The molecule has 1 rings (SSSR count). The van der Waals surface area contributed by atoms with E-state index in [0.29, 0.717) is 30.6 Å². The maximum atomic E-state index is 12.0. The van der Waals surface area contributed by atoms with Gasteiger partial charge in [-0.3, -0.25) is 4.79 Å². The highest BCUT2D eigenvalue weighted by Gasteiger charge is 2.18. The van der Waals surface area contributed by atoms with Crippen molar-refractivity contribution in [3.63, 3.8) is 0 Å². The Balaban J connectivity index is 2.91. The van der Waals surface area contributed by atoms with Crippen LogP contribution in [0.2, 0.25) is 0 Å². The average molecular weight is 309 g/mol. The standard InChI is InChI=1S/C16H23NO5/c1-5-20-14-8-12(16(19)22-11(4)15(17)18)6-7-13(14)21-9-10(2)3/h6-8,10-11H,5,9H2,1-4H3,(H2,17,18)/t11-/m0/s1. The molecular formula is C16H23NO5. The summed E-state index contributed by atoms with van der Waals surface area (Å²) >= 11 is 0. The third-order valence-corrected chi connectivity index (χ3v) is 2.74. The Morgan fingerprint density at radius 1 is 1.14 bits per heavy atom. The first kappa shape index (κ1) is 17.8. The monoisotopic (exact) mass is 309 g/mol. The number of primary amides is 1. The van der Waals surface area contributed by atoms with Crippen molar-refractivity contribution in [2.75, 3.05) is 13.2 Å². The van der Waals surface area contributed by atoms with Crippen LogP contribution in [0.4, 0.5) is 0 Å². The lowest BCUT2D eigenvalue weighted by Gasteiger charge is -2.15. The van der Waals surface area contributed by atoms with E-state index >= 15 is 0 Å². The zero-order chi connectivity index (χ0) is 16.7. The SMILES string of the molecule is CCOc1cc(C(=O)O[C@@H](C)C(N)=O)ccc1OCC(C)C. The quantitative estimate of drug-likeness (QED) is 0.743. The molecule has 0 unspecified atom stereocenters. The number of ether oxygens (including phenoxy) is 3. The predicted octanol–water partition coefficient (Wildman–Crippen LogP) is 2.15. The predicted molar refractivity (Wildman–Crippen MR) is 82.0 cm³/mol. The molecule has 0 aliphatic carbocycles. The number of hydrogen-bond donors (Lipinski definition) is 1. The molecule has 122 valence electrons. The fourth-order valence-corrected chi connectivity index (χ4v) is 1.57. The topological polar surface area (TPSA) is 87.9 Å². The lowest BCUT2D eigenvalue weighted by molar-refractivity contribution is -0.125. The lowest BCUT2D eigenvalue weighted by Crippen LogP contribution is -2.30. The van der Waals surface area contributed by atoms with E-state index in [-0.39, 0.29) is 5.56 Å². The molecule has 0 aliphatic heterocycles. The number of hydrogen-bond acceptors (Lipinski definition) is 5. The zero-order valence-corrected chi connectivity index (χ0v) is 13.4. The first-order chi connectivity index (χ1) is 10.3. The number of amides is 1. The molecule has 0 saturated heterocycles. The number of benzene rings is 1. The highest BCUT2D eigenvalue weighted by molar-refractivity contribution is 5.92. The normalized spacial score (nSPS) is 11.9. The number of carbonyl (C=O) groups is 2. The van der Waals surface area contributed by atoms with E-state index in [1.807, 2.05) is 20.8 Å². The van der Waals surface area contributed by atoms with Crippen molar-refractivity contribution in [3.05, 3.63) is 23.8 Å². The van der Waals surface area contributed by atoms with Crippen LogP contribution in [0.15, 0.2) is 18.2 Å². The van der Waals surface area contributed by atoms with E-state index in [4.69, 9.17) is 19.9 Å². The summed E-state index contributed by atoms with van der Waals surface area (Å²) in [5.74, 6) is 0.0628. The zero-order valence-electron chi connectivity index (χ0n) is 13.4. The van der Waals surface area contributed by atoms with Crippen LogP contribution in [0.1, 0.15) is 38.1 Å². The molecule has 2 N–H and O–H groups in total. The van der Waals surface area contributed by atoms with Gasteiger partial charge in [0, 0.05) is 0 Å². The summed E-state index contributed by atoms with van der Waals surface area (Å²) in [5.41, 5.74) is 5.34. The number of esters is 1. The van der Waals surface area contributed by atoms with Crippen molar-refractivity contribution in [1.82, 2.24) is 0 Å². The maximum absolute atomic E-state index is 12.0. The first-order valence-corrected chi connectivity index (χ1v) is 7.25. The van der Waals surface area contributed by atoms with Crippen LogP contribution in [0.3, 0.4) is 0 Å². The molecular weight excluding hydrogens is 286 g/mol. The number of carbonyl (C=O) groups excluding carboxylic acids is 2. The van der Waals surface area contributed by atoms with Gasteiger partial charge in [-0.1, -0.05) is 13.8 Å². The minimum absolute atomic E-state index is 0.272. The molecule has 1 amide bonds. The smallest absolute Gasteiger partial charge is 0.339 e. The molecule has 1 aromatic rings. The van der Waals surface area contributed by atoms with Crippen molar-refractivity contribution >= 4 is 11.9 Å². The van der Waals surface area contributed by atoms with Gasteiger partial charge in [-0.15, -0.1) is 0 Å². The molecule has 0 bridgehead atoms. The molecule has 0 spiro atoms. The van der Waals surface area contributed by atoms with Gasteiger partial charge < -0.3 is 19.9 Å². The highest BCUT2D eigenvalue weighted by Crippen LogP contribution is 2.29. The Labute approximate surface area is 130 Å². The Hall–Kier alpha value is -2.24. The molecule has 0 aromatic heterocycles. The van der Waals surface area contributed by atoms with Gasteiger partial charge in [0.2, 0.25) is 0 Å². The molecule has 1 atom stereocenters. The van der Waals surface area contributed by atoms with E-state index in [9.17, 15) is 9.59 Å². The molecule has 6 nitrogen and oxygen atoms in total. The Bertz CT molecular complexity index is 527. The summed E-state index contributed by atoms with van der Waals surface area (Å²) in [5, 5.41) is 0. The second-order valence-corrected chi connectivity index (χ2v) is 5.25.